The second kappa shape index (κ2) is 3.46. The highest BCUT2D eigenvalue weighted by atomic mass is 35.5. The topological polar surface area (TPSA) is 41.1 Å². The minimum atomic E-state index is -0.395. The van der Waals surface area contributed by atoms with Gasteiger partial charge in [0.05, 0.1) is 6.04 Å². The lowest BCUT2D eigenvalue weighted by atomic mass is 10.1. The fourth-order valence-electron chi connectivity index (χ4n) is 1.43. The van der Waals surface area contributed by atoms with E-state index in [2.05, 4.69) is 10.6 Å². The Morgan fingerprint density at radius 3 is 2.79 bits per heavy atom. The number of rotatable bonds is 1. The first kappa shape index (κ1) is 9.27. The summed E-state index contributed by atoms with van der Waals surface area (Å²) in [5, 5.41) is 5.58. The summed E-state index contributed by atoms with van der Waals surface area (Å²) in [6.07, 6.45) is 0. The third-order valence-electron chi connectivity index (χ3n) is 2.06. The maximum atomic E-state index is 13.0. The van der Waals surface area contributed by atoms with Gasteiger partial charge in [-0.1, -0.05) is 11.6 Å². The Balaban J connectivity index is 2.27. The predicted molar refractivity (Wildman–Crippen MR) is 50.7 cm³/mol. The molecule has 0 saturated carbocycles. The lowest BCUT2D eigenvalue weighted by Gasteiger charge is -2.09. The van der Waals surface area contributed by atoms with Gasteiger partial charge in [0.15, 0.2) is 0 Å². The van der Waals surface area contributed by atoms with E-state index in [0.29, 0.717) is 17.1 Å². The zero-order chi connectivity index (χ0) is 10.1. The Bertz CT molecular complexity index is 363. The molecule has 1 saturated heterocycles. The lowest BCUT2D eigenvalue weighted by molar-refractivity contribution is 0.247. The fraction of sp³-hybridized carbons (Fsp3) is 0.222. The summed E-state index contributed by atoms with van der Waals surface area (Å²) in [4.78, 5) is 10.8. The Labute approximate surface area is 85.3 Å². The van der Waals surface area contributed by atoms with Gasteiger partial charge in [0, 0.05) is 11.6 Å². The number of urea groups is 1. The van der Waals surface area contributed by atoms with Crippen LogP contribution in [0.2, 0.25) is 5.02 Å². The van der Waals surface area contributed by atoms with Gasteiger partial charge in [-0.3, -0.25) is 0 Å². The van der Waals surface area contributed by atoms with E-state index in [-0.39, 0.29) is 12.1 Å². The largest absolute Gasteiger partial charge is 0.336 e. The molecule has 0 bridgehead atoms. The monoisotopic (exact) mass is 214 g/mol. The molecule has 1 aromatic rings. The van der Waals surface area contributed by atoms with Crippen LogP contribution in [0.15, 0.2) is 18.2 Å². The summed E-state index contributed by atoms with van der Waals surface area (Å²) >= 11 is 5.69. The van der Waals surface area contributed by atoms with Gasteiger partial charge in [0.1, 0.15) is 5.82 Å². The summed E-state index contributed by atoms with van der Waals surface area (Å²) in [5.41, 5.74) is 0.674. The van der Waals surface area contributed by atoms with Gasteiger partial charge in [-0.15, -0.1) is 0 Å². The third-order valence-corrected chi connectivity index (χ3v) is 2.28. The maximum Gasteiger partial charge on any atom is 0.315 e. The van der Waals surface area contributed by atoms with Crippen molar-refractivity contribution in [2.75, 3.05) is 6.54 Å². The van der Waals surface area contributed by atoms with E-state index in [0.717, 1.165) is 0 Å². The molecule has 0 aromatic heterocycles. The van der Waals surface area contributed by atoms with Crippen molar-refractivity contribution in [2.45, 2.75) is 6.04 Å². The molecule has 1 aliphatic heterocycles. The summed E-state index contributed by atoms with van der Waals surface area (Å²) in [6.45, 7) is 0.457. The van der Waals surface area contributed by atoms with Crippen molar-refractivity contribution in [1.29, 1.82) is 0 Å². The number of carbonyl (C=O) groups excluding carboxylic acids is 1. The van der Waals surface area contributed by atoms with E-state index in [4.69, 9.17) is 11.6 Å². The van der Waals surface area contributed by atoms with E-state index in [1.54, 1.807) is 6.07 Å². The van der Waals surface area contributed by atoms with Crippen molar-refractivity contribution in [1.82, 2.24) is 10.6 Å². The van der Waals surface area contributed by atoms with Crippen molar-refractivity contribution >= 4 is 17.6 Å². The number of benzene rings is 1. The lowest BCUT2D eigenvalue weighted by Crippen LogP contribution is -2.21. The van der Waals surface area contributed by atoms with Crippen LogP contribution in [0.4, 0.5) is 9.18 Å². The van der Waals surface area contributed by atoms with Gasteiger partial charge in [-0.05, 0) is 23.8 Å². The number of carbonyl (C=O) groups is 1. The molecular formula is C9H8ClFN2O. The summed E-state index contributed by atoms with van der Waals surface area (Å²) in [7, 11) is 0. The van der Waals surface area contributed by atoms with Crippen molar-refractivity contribution in [3.63, 3.8) is 0 Å². The molecule has 0 radical (unpaired) electrons. The molecule has 3 nitrogen and oxygen atoms in total. The first-order chi connectivity index (χ1) is 6.65. The number of hydrogen-bond donors (Lipinski definition) is 2. The highest BCUT2D eigenvalue weighted by molar-refractivity contribution is 6.30. The summed E-state index contributed by atoms with van der Waals surface area (Å²) in [6, 6.07) is 3.80. The van der Waals surface area contributed by atoms with Crippen LogP contribution < -0.4 is 10.6 Å². The molecule has 1 fully saturated rings. The minimum Gasteiger partial charge on any atom is -0.336 e. The smallest absolute Gasteiger partial charge is 0.315 e. The average Bonchev–Trinajstić information content (AvgIpc) is 2.50. The molecule has 0 spiro atoms. The first-order valence-electron chi connectivity index (χ1n) is 4.15. The molecule has 1 aromatic carbocycles. The van der Waals surface area contributed by atoms with Gasteiger partial charge in [-0.2, -0.15) is 0 Å². The third kappa shape index (κ3) is 1.80. The predicted octanol–water partition coefficient (Wildman–Crippen LogP) is 1.83. The van der Waals surface area contributed by atoms with Gasteiger partial charge < -0.3 is 10.6 Å². The highest BCUT2D eigenvalue weighted by Gasteiger charge is 2.21. The molecule has 0 aliphatic carbocycles. The van der Waals surface area contributed by atoms with Gasteiger partial charge >= 0.3 is 6.03 Å². The van der Waals surface area contributed by atoms with Crippen LogP contribution in [-0.2, 0) is 0 Å². The van der Waals surface area contributed by atoms with Crippen molar-refractivity contribution in [3.8, 4) is 0 Å². The van der Waals surface area contributed by atoms with Gasteiger partial charge in [0.2, 0.25) is 0 Å². The van der Waals surface area contributed by atoms with Crippen LogP contribution in [0.3, 0.4) is 0 Å². The van der Waals surface area contributed by atoms with Crippen LogP contribution in [0.25, 0.3) is 0 Å². The molecule has 74 valence electrons. The Morgan fingerprint density at radius 1 is 1.43 bits per heavy atom. The normalized spacial score (nSPS) is 20.4. The maximum absolute atomic E-state index is 13.0. The number of nitrogens with one attached hydrogen (secondary N) is 2. The molecule has 0 unspecified atom stereocenters. The van der Waals surface area contributed by atoms with E-state index in [1.165, 1.54) is 12.1 Å². The first-order valence-corrected chi connectivity index (χ1v) is 4.53. The SMILES string of the molecule is O=C1NC[C@H](c2cc(F)cc(Cl)c2)N1. The zero-order valence-corrected chi connectivity index (χ0v) is 7.94. The van der Waals surface area contributed by atoms with E-state index < -0.39 is 5.82 Å². The van der Waals surface area contributed by atoms with Crippen molar-refractivity contribution in [2.24, 2.45) is 0 Å². The van der Waals surface area contributed by atoms with Gasteiger partial charge in [-0.25, -0.2) is 9.18 Å². The molecule has 2 rings (SSSR count). The number of halogens is 2. The minimum absolute atomic E-state index is 0.198. The second-order valence-electron chi connectivity index (χ2n) is 3.11. The zero-order valence-electron chi connectivity index (χ0n) is 7.18. The Morgan fingerprint density at radius 2 is 2.21 bits per heavy atom. The van der Waals surface area contributed by atoms with Gasteiger partial charge in [0.25, 0.3) is 0 Å². The Kier molecular flexibility index (Phi) is 2.29. The summed E-state index contributed by atoms with van der Waals surface area (Å²) < 4.78 is 13.0. The molecule has 1 heterocycles. The Hall–Kier alpha value is -1.29. The van der Waals surface area contributed by atoms with E-state index in [1.807, 2.05) is 0 Å². The molecule has 5 heteroatoms. The molecule has 2 amide bonds. The molecule has 1 atom stereocenters. The number of amides is 2. The van der Waals surface area contributed by atoms with Crippen LogP contribution in [0.1, 0.15) is 11.6 Å². The quantitative estimate of drug-likeness (QED) is 0.736. The molecular weight excluding hydrogens is 207 g/mol. The van der Waals surface area contributed by atoms with Crippen molar-refractivity contribution < 1.29 is 9.18 Å². The number of hydrogen-bond acceptors (Lipinski definition) is 1. The molecule has 2 N–H and O–H groups in total. The van der Waals surface area contributed by atoms with Crippen LogP contribution in [0, 0.1) is 5.82 Å². The van der Waals surface area contributed by atoms with E-state index in [9.17, 15) is 9.18 Å². The van der Waals surface area contributed by atoms with Crippen LogP contribution in [-0.4, -0.2) is 12.6 Å². The molecule has 14 heavy (non-hydrogen) atoms. The average molecular weight is 215 g/mol. The second-order valence-corrected chi connectivity index (χ2v) is 3.55. The fourth-order valence-corrected chi connectivity index (χ4v) is 1.66. The van der Waals surface area contributed by atoms with Crippen LogP contribution in [0.5, 0.6) is 0 Å². The molecule has 1 aliphatic rings. The summed E-state index contributed by atoms with van der Waals surface area (Å²) in [5.74, 6) is -0.395. The van der Waals surface area contributed by atoms with Crippen molar-refractivity contribution in [3.05, 3.63) is 34.6 Å². The standard InChI is InChI=1S/C9H8ClFN2O/c10-6-1-5(2-7(11)3-6)8-4-12-9(14)13-8/h1-3,8H,4H2,(H2,12,13,14)/t8-/m1/s1. The highest BCUT2D eigenvalue weighted by Crippen LogP contribution is 2.21. The van der Waals surface area contributed by atoms with E-state index >= 15 is 0 Å². The van der Waals surface area contributed by atoms with Crippen LogP contribution >= 0.6 is 11.6 Å².